The number of piperidine rings is 1. The van der Waals surface area contributed by atoms with Gasteiger partial charge in [-0.1, -0.05) is 12.1 Å². The van der Waals surface area contributed by atoms with E-state index >= 15 is 0 Å². The van der Waals surface area contributed by atoms with E-state index in [1.54, 1.807) is 12.3 Å². The maximum Gasteiger partial charge on any atom is 0.223 e. The molecule has 1 aromatic carbocycles. The first-order valence-corrected chi connectivity index (χ1v) is 9.13. The molecule has 2 N–H and O–H groups in total. The number of rotatable bonds is 5. The summed E-state index contributed by atoms with van der Waals surface area (Å²) in [5.41, 5.74) is 2.99. The fraction of sp³-hybridized carbons (Fsp3) is 0.400. The van der Waals surface area contributed by atoms with Crippen molar-refractivity contribution in [2.75, 3.05) is 20.2 Å². The van der Waals surface area contributed by atoms with Crippen LogP contribution in [0.15, 0.2) is 41.3 Å². The highest BCUT2D eigenvalue weighted by Crippen LogP contribution is 2.22. The third-order valence-corrected chi connectivity index (χ3v) is 5.07. The van der Waals surface area contributed by atoms with Gasteiger partial charge in [-0.3, -0.25) is 9.69 Å². The number of nitrogens with zero attached hydrogens (tertiary/aromatic N) is 2. The van der Waals surface area contributed by atoms with Gasteiger partial charge < -0.3 is 14.7 Å². The Bertz CT molecular complexity index is 913. The van der Waals surface area contributed by atoms with E-state index in [2.05, 4.69) is 20.9 Å². The topological polar surface area (TPSA) is 74.0 Å². The van der Waals surface area contributed by atoms with E-state index in [0.29, 0.717) is 11.7 Å². The zero-order valence-electron chi connectivity index (χ0n) is 15.0. The number of pyridine rings is 1. The van der Waals surface area contributed by atoms with Crippen LogP contribution in [0.25, 0.3) is 11.0 Å². The van der Waals surface area contributed by atoms with Crippen LogP contribution in [-0.2, 0) is 13.0 Å². The molecule has 136 valence electrons. The van der Waals surface area contributed by atoms with Crippen LogP contribution >= 0.6 is 0 Å². The molecule has 0 amide bonds. The van der Waals surface area contributed by atoms with Crippen molar-refractivity contribution in [3.05, 3.63) is 58.3 Å². The van der Waals surface area contributed by atoms with Gasteiger partial charge in [0.1, 0.15) is 5.82 Å². The quantitative estimate of drug-likeness (QED) is 0.740. The van der Waals surface area contributed by atoms with Crippen LogP contribution in [-0.4, -0.2) is 40.1 Å². The molecular weight excluding hydrogens is 328 g/mol. The van der Waals surface area contributed by atoms with E-state index in [4.69, 9.17) is 9.72 Å². The highest BCUT2D eigenvalue weighted by Gasteiger charge is 2.21. The molecule has 3 heterocycles. The van der Waals surface area contributed by atoms with Gasteiger partial charge in [-0.15, -0.1) is 0 Å². The van der Waals surface area contributed by atoms with Gasteiger partial charge in [0.25, 0.3) is 0 Å². The molecule has 0 radical (unpaired) electrons. The lowest BCUT2D eigenvalue weighted by Crippen LogP contribution is -2.36. The summed E-state index contributed by atoms with van der Waals surface area (Å²) in [7, 11) is 1.51. The van der Waals surface area contributed by atoms with Gasteiger partial charge in [0.05, 0.1) is 18.1 Å². The van der Waals surface area contributed by atoms with Gasteiger partial charge in [0.15, 0.2) is 5.75 Å². The molecule has 1 aliphatic heterocycles. The summed E-state index contributed by atoms with van der Waals surface area (Å²) >= 11 is 0. The Morgan fingerprint density at radius 2 is 2.23 bits per heavy atom. The molecule has 3 aromatic rings. The number of hydrogen-bond acceptors (Lipinski definition) is 4. The summed E-state index contributed by atoms with van der Waals surface area (Å²) in [6.07, 6.45) is 5.00. The van der Waals surface area contributed by atoms with Crippen molar-refractivity contribution in [3.63, 3.8) is 0 Å². The van der Waals surface area contributed by atoms with Gasteiger partial charge in [-0.2, -0.15) is 0 Å². The second-order valence-electron chi connectivity index (χ2n) is 7.04. The van der Waals surface area contributed by atoms with Crippen molar-refractivity contribution in [1.29, 1.82) is 0 Å². The Morgan fingerprint density at radius 3 is 3.04 bits per heavy atom. The van der Waals surface area contributed by atoms with Crippen molar-refractivity contribution in [2.24, 2.45) is 5.92 Å². The van der Waals surface area contributed by atoms with Crippen LogP contribution in [0.5, 0.6) is 5.75 Å². The zero-order valence-corrected chi connectivity index (χ0v) is 15.0. The van der Waals surface area contributed by atoms with Crippen molar-refractivity contribution in [3.8, 4) is 5.75 Å². The molecule has 0 bridgehead atoms. The second kappa shape index (κ2) is 7.33. The minimum absolute atomic E-state index is 0.0721. The molecular formula is C20H24N4O2. The molecule has 26 heavy (non-hydrogen) atoms. The number of aromatic nitrogens is 3. The normalized spacial score (nSPS) is 18.3. The van der Waals surface area contributed by atoms with E-state index in [1.807, 2.05) is 18.2 Å². The lowest BCUT2D eigenvalue weighted by Gasteiger charge is -2.32. The minimum Gasteiger partial charge on any atom is -0.491 e. The van der Waals surface area contributed by atoms with E-state index in [1.165, 1.54) is 20.0 Å². The van der Waals surface area contributed by atoms with Crippen LogP contribution in [0.1, 0.15) is 24.4 Å². The van der Waals surface area contributed by atoms with Gasteiger partial charge in [-0.25, -0.2) is 4.98 Å². The summed E-state index contributed by atoms with van der Waals surface area (Å²) in [6, 6.07) is 9.80. The van der Waals surface area contributed by atoms with Crippen molar-refractivity contribution < 1.29 is 4.74 Å². The molecule has 2 aromatic heterocycles. The Balaban J connectivity index is 1.40. The monoisotopic (exact) mass is 352 g/mol. The lowest BCUT2D eigenvalue weighted by atomic mass is 9.94. The first-order chi connectivity index (χ1) is 12.7. The average molecular weight is 352 g/mol. The number of imidazole rings is 1. The smallest absolute Gasteiger partial charge is 0.223 e. The maximum atomic E-state index is 11.9. The number of H-pyrrole nitrogens is 2. The second-order valence-corrected chi connectivity index (χ2v) is 7.04. The molecule has 6 nitrogen and oxygen atoms in total. The summed E-state index contributed by atoms with van der Waals surface area (Å²) in [4.78, 5) is 25.7. The summed E-state index contributed by atoms with van der Waals surface area (Å²) in [6.45, 7) is 2.84. The summed E-state index contributed by atoms with van der Waals surface area (Å²) in [5, 5.41) is 0. The molecule has 0 aliphatic carbocycles. The molecule has 6 heteroatoms. The van der Waals surface area contributed by atoms with E-state index in [9.17, 15) is 4.79 Å². The number of nitrogens with one attached hydrogen (secondary N) is 2. The van der Waals surface area contributed by atoms with Gasteiger partial charge in [0.2, 0.25) is 5.43 Å². The van der Waals surface area contributed by atoms with Crippen LogP contribution in [0.4, 0.5) is 0 Å². The molecule has 4 rings (SSSR count). The molecule has 1 atom stereocenters. The zero-order chi connectivity index (χ0) is 17.9. The fourth-order valence-electron chi connectivity index (χ4n) is 3.83. The SMILES string of the molecule is COc1c[nH]c(CN2CCC[C@@H](Cc3nc4ccccc4[nH]3)C2)cc1=O. The molecule has 1 saturated heterocycles. The Kier molecular flexibility index (Phi) is 4.75. The number of para-hydroxylation sites is 2. The van der Waals surface area contributed by atoms with E-state index in [0.717, 1.165) is 48.6 Å². The van der Waals surface area contributed by atoms with Crippen molar-refractivity contribution in [2.45, 2.75) is 25.8 Å². The standard InChI is InChI=1S/C20H24N4O2/c1-26-19-11-21-15(10-18(19)25)13-24-8-4-5-14(12-24)9-20-22-16-6-2-3-7-17(16)23-20/h2-3,6-7,10-11,14H,4-5,8-9,12-13H2,1H3,(H,21,25)(H,22,23)/t14-/m0/s1. The maximum absolute atomic E-state index is 11.9. The largest absolute Gasteiger partial charge is 0.491 e. The summed E-state index contributed by atoms with van der Waals surface area (Å²) in [5.74, 6) is 2.00. The predicted molar refractivity (Wildman–Crippen MR) is 101 cm³/mol. The van der Waals surface area contributed by atoms with E-state index in [-0.39, 0.29) is 5.43 Å². The number of benzene rings is 1. The molecule has 0 unspecified atom stereocenters. The van der Waals surface area contributed by atoms with Gasteiger partial charge >= 0.3 is 0 Å². The number of ether oxygens (including phenoxy) is 1. The Hall–Kier alpha value is -2.60. The van der Waals surface area contributed by atoms with Gasteiger partial charge in [-0.05, 0) is 37.4 Å². The molecule has 0 spiro atoms. The Morgan fingerprint density at radius 1 is 1.35 bits per heavy atom. The molecule has 1 fully saturated rings. The third kappa shape index (κ3) is 3.65. The summed E-state index contributed by atoms with van der Waals surface area (Å²) < 4.78 is 5.03. The number of likely N-dealkylation sites (tertiary alicyclic amines) is 1. The highest BCUT2D eigenvalue weighted by atomic mass is 16.5. The highest BCUT2D eigenvalue weighted by molar-refractivity contribution is 5.74. The first kappa shape index (κ1) is 16.8. The van der Waals surface area contributed by atoms with E-state index < -0.39 is 0 Å². The third-order valence-electron chi connectivity index (χ3n) is 5.07. The first-order valence-electron chi connectivity index (χ1n) is 9.13. The minimum atomic E-state index is -0.0721. The number of methoxy groups -OCH3 is 1. The van der Waals surface area contributed by atoms with Crippen molar-refractivity contribution >= 4 is 11.0 Å². The predicted octanol–water partition coefficient (Wildman–Crippen LogP) is 2.71. The van der Waals surface area contributed by atoms with Crippen LogP contribution in [0.3, 0.4) is 0 Å². The average Bonchev–Trinajstić information content (AvgIpc) is 3.04. The van der Waals surface area contributed by atoms with Crippen molar-refractivity contribution in [1.82, 2.24) is 19.9 Å². The van der Waals surface area contributed by atoms with Crippen LogP contribution in [0.2, 0.25) is 0 Å². The Labute approximate surface area is 152 Å². The number of aromatic amines is 2. The van der Waals surface area contributed by atoms with Gasteiger partial charge in [0, 0.05) is 37.5 Å². The number of hydrogen-bond donors (Lipinski definition) is 2. The molecule has 0 saturated carbocycles. The van der Waals surface area contributed by atoms with Crippen LogP contribution < -0.4 is 10.2 Å². The lowest BCUT2D eigenvalue weighted by molar-refractivity contribution is 0.164. The van der Waals surface area contributed by atoms with Crippen LogP contribution in [0, 0.1) is 5.92 Å². The molecule has 1 aliphatic rings. The fourth-order valence-corrected chi connectivity index (χ4v) is 3.83. The number of fused-ring (bicyclic) bond motifs is 1.